The van der Waals surface area contributed by atoms with Gasteiger partial charge in [-0.15, -0.1) is 0 Å². The molecule has 2 bridgehead atoms. The van der Waals surface area contributed by atoms with Crippen molar-refractivity contribution < 1.29 is 9.47 Å². The number of aromatic nitrogens is 2. The van der Waals surface area contributed by atoms with Gasteiger partial charge in [0.15, 0.2) is 0 Å². The summed E-state index contributed by atoms with van der Waals surface area (Å²) < 4.78 is 11.2. The largest absolute Gasteiger partial charge is 0.496 e. The van der Waals surface area contributed by atoms with E-state index in [9.17, 15) is 0 Å². The highest BCUT2D eigenvalue weighted by molar-refractivity contribution is 5.45. The fourth-order valence-corrected chi connectivity index (χ4v) is 4.38. The first kappa shape index (κ1) is 17.3. The molecule has 1 aromatic heterocycles. The average molecular weight is 353 g/mol. The summed E-state index contributed by atoms with van der Waals surface area (Å²) in [6, 6.07) is 6.91. The topological polar surface area (TPSA) is 47.5 Å². The Balaban J connectivity index is 1.67. The molecular weight excluding hydrogens is 326 g/mol. The summed E-state index contributed by atoms with van der Waals surface area (Å²) >= 11 is 0. The number of benzene rings is 1. The number of hydrogen-bond acceptors (Lipinski definition) is 5. The van der Waals surface area contributed by atoms with Crippen molar-refractivity contribution in [1.29, 1.82) is 0 Å². The van der Waals surface area contributed by atoms with Gasteiger partial charge in [-0.3, -0.25) is 4.90 Å². The molecule has 2 aromatic rings. The van der Waals surface area contributed by atoms with Crippen LogP contribution in [-0.4, -0.2) is 35.1 Å². The van der Waals surface area contributed by atoms with Crippen molar-refractivity contribution in [2.24, 2.45) is 0 Å². The van der Waals surface area contributed by atoms with Crippen LogP contribution in [0, 0.1) is 0 Å². The Labute approximate surface area is 155 Å². The van der Waals surface area contributed by atoms with Crippen LogP contribution in [0.15, 0.2) is 24.4 Å². The van der Waals surface area contributed by atoms with E-state index >= 15 is 0 Å². The third-order valence-corrected chi connectivity index (χ3v) is 5.74. The standard InChI is InChI=1S/C21H27N3O2/c1-13(2)21-22-11-15-17(23-21)10-14-8-9-18(15)24(14)12-16-19(25-3)6-5-7-20(16)26-4/h5-7,11,13-14,18H,8-10,12H2,1-4H3/t14-,18-/m0/s1. The lowest BCUT2D eigenvalue weighted by molar-refractivity contribution is 0.162. The van der Waals surface area contributed by atoms with Crippen molar-refractivity contribution in [3.63, 3.8) is 0 Å². The zero-order valence-corrected chi connectivity index (χ0v) is 16.0. The first-order chi connectivity index (χ1) is 12.6. The van der Waals surface area contributed by atoms with Gasteiger partial charge >= 0.3 is 0 Å². The molecule has 5 nitrogen and oxygen atoms in total. The maximum atomic E-state index is 5.60. The summed E-state index contributed by atoms with van der Waals surface area (Å²) in [6.45, 7) is 5.13. The minimum absolute atomic E-state index is 0.369. The molecule has 2 aliphatic heterocycles. The first-order valence-electron chi connectivity index (χ1n) is 9.43. The number of fused-ring (bicyclic) bond motifs is 4. The van der Waals surface area contributed by atoms with Crippen molar-refractivity contribution in [2.75, 3.05) is 14.2 Å². The van der Waals surface area contributed by atoms with Crippen LogP contribution in [0.1, 0.15) is 61.3 Å². The van der Waals surface area contributed by atoms with E-state index in [1.54, 1.807) is 14.2 Å². The molecular formula is C21H27N3O2. The smallest absolute Gasteiger partial charge is 0.131 e. The van der Waals surface area contributed by atoms with Crippen LogP contribution >= 0.6 is 0 Å². The summed E-state index contributed by atoms with van der Waals surface area (Å²) in [5.74, 6) is 3.11. The number of nitrogens with zero attached hydrogens (tertiary/aromatic N) is 3. The van der Waals surface area contributed by atoms with E-state index in [4.69, 9.17) is 14.5 Å². The lowest BCUT2D eigenvalue weighted by Gasteiger charge is -2.36. The van der Waals surface area contributed by atoms with Crippen LogP contribution in [0.2, 0.25) is 0 Å². The molecule has 0 radical (unpaired) electrons. The number of methoxy groups -OCH3 is 2. The number of hydrogen-bond donors (Lipinski definition) is 0. The molecule has 0 aliphatic carbocycles. The van der Waals surface area contributed by atoms with E-state index in [0.29, 0.717) is 18.0 Å². The van der Waals surface area contributed by atoms with Crippen LogP contribution in [0.3, 0.4) is 0 Å². The van der Waals surface area contributed by atoms with Gasteiger partial charge < -0.3 is 9.47 Å². The van der Waals surface area contributed by atoms with E-state index in [1.807, 2.05) is 18.2 Å². The molecule has 1 fully saturated rings. The first-order valence-corrected chi connectivity index (χ1v) is 9.43. The lowest BCUT2D eigenvalue weighted by atomic mass is 9.97. The summed E-state index contributed by atoms with van der Waals surface area (Å²) in [6.07, 6.45) is 5.44. The Morgan fingerprint density at radius 2 is 1.88 bits per heavy atom. The van der Waals surface area contributed by atoms with Crippen molar-refractivity contribution in [1.82, 2.24) is 14.9 Å². The average Bonchev–Trinajstić information content (AvgIpc) is 2.93. The second kappa shape index (κ2) is 6.88. The van der Waals surface area contributed by atoms with Crippen molar-refractivity contribution in [2.45, 2.75) is 57.7 Å². The molecule has 1 aromatic carbocycles. The molecule has 1 saturated heterocycles. The SMILES string of the molecule is COc1cccc(OC)c1CN1[C@H]2CC[C@H]1c1cnc(C(C)C)nc1C2. The third kappa shape index (κ3) is 2.84. The summed E-state index contributed by atoms with van der Waals surface area (Å²) in [7, 11) is 3.44. The Hall–Kier alpha value is -2.14. The molecule has 3 heterocycles. The summed E-state index contributed by atoms with van der Waals surface area (Å²) in [5, 5.41) is 0. The predicted molar refractivity (Wildman–Crippen MR) is 101 cm³/mol. The Morgan fingerprint density at radius 3 is 2.54 bits per heavy atom. The Morgan fingerprint density at radius 1 is 1.15 bits per heavy atom. The highest BCUT2D eigenvalue weighted by Crippen LogP contribution is 2.45. The molecule has 4 rings (SSSR count). The van der Waals surface area contributed by atoms with Crippen LogP contribution in [0.5, 0.6) is 11.5 Å². The van der Waals surface area contributed by atoms with Gasteiger partial charge in [-0.1, -0.05) is 19.9 Å². The minimum Gasteiger partial charge on any atom is -0.496 e. The van der Waals surface area contributed by atoms with Crippen molar-refractivity contribution in [3.05, 3.63) is 47.0 Å². The highest BCUT2D eigenvalue weighted by Gasteiger charge is 2.41. The highest BCUT2D eigenvalue weighted by atomic mass is 16.5. The van der Waals surface area contributed by atoms with Crippen molar-refractivity contribution in [3.8, 4) is 11.5 Å². The molecule has 26 heavy (non-hydrogen) atoms. The number of rotatable bonds is 5. The normalized spacial score (nSPS) is 21.7. The molecule has 5 heteroatoms. The maximum Gasteiger partial charge on any atom is 0.131 e. The van der Waals surface area contributed by atoms with Crippen LogP contribution in [-0.2, 0) is 13.0 Å². The van der Waals surface area contributed by atoms with Gasteiger partial charge in [0.2, 0.25) is 0 Å². The van der Waals surface area contributed by atoms with Gasteiger partial charge in [0, 0.05) is 42.7 Å². The molecule has 2 atom stereocenters. The van der Waals surface area contributed by atoms with Gasteiger partial charge in [-0.25, -0.2) is 9.97 Å². The monoisotopic (exact) mass is 353 g/mol. The second-order valence-corrected chi connectivity index (χ2v) is 7.55. The molecule has 0 N–H and O–H groups in total. The van der Waals surface area contributed by atoms with E-state index in [-0.39, 0.29) is 0 Å². The zero-order chi connectivity index (χ0) is 18.3. The van der Waals surface area contributed by atoms with Crippen LogP contribution in [0.4, 0.5) is 0 Å². The van der Waals surface area contributed by atoms with Gasteiger partial charge in [-0.05, 0) is 25.0 Å². The van der Waals surface area contributed by atoms with Crippen LogP contribution < -0.4 is 9.47 Å². The van der Waals surface area contributed by atoms with Gasteiger partial charge in [0.25, 0.3) is 0 Å². The van der Waals surface area contributed by atoms with E-state index in [1.165, 1.54) is 24.1 Å². The Bertz CT molecular complexity index is 784. The third-order valence-electron chi connectivity index (χ3n) is 5.74. The predicted octanol–water partition coefficient (Wildman–Crippen LogP) is 3.88. The fourth-order valence-electron chi connectivity index (χ4n) is 4.38. The quantitative estimate of drug-likeness (QED) is 0.816. The lowest BCUT2D eigenvalue weighted by Crippen LogP contribution is -2.38. The maximum absolute atomic E-state index is 5.60. The fraction of sp³-hybridized carbons (Fsp3) is 0.524. The number of ether oxygens (including phenoxy) is 2. The minimum atomic E-state index is 0.369. The second-order valence-electron chi connectivity index (χ2n) is 7.55. The van der Waals surface area contributed by atoms with Crippen LogP contribution in [0.25, 0.3) is 0 Å². The van der Waals surface area contributed by atoms with E-state index in [2.05, 4.69) is 29.9 Å². The molecule has 0 saturated carbocycles. The molecule has 138 valence electrons. The van der Waals surface area contributed by atoms with Crippen molar-refractivity contribution >= 4 is 0 Å². The van der Waals surface area contributed by atoms with Gasteiger partial charge in [-0.2, -0.15) is 0 Å². The van der Waals surface area contributed by atoms with E-state index in [0.717, 1.165) is 35.9 Å². The Kier molecular flexibility index (Phi) is 4.57. The van der Waals surface area contributed by atoms with Gasteiger partial charge in [0.05, 0.1) is 25.5 Å². The molecule has 0 amide bonds. The molecule has 0 unspecified atom stereocenters. The van der Waals surface area contributed by atoms with E-state index < -0.39 is 0 Å². The summed E-state index contributed by atoms with van der Waals surface area (Å²) in [5.41, 5.74) is 3.68. The summed E-state index contributed by atoms with van der Waals surface area (Å²) in [4.78, 5) is 12.1. The molecule has 0 spiro atoms. The molecule has 2 aliphatic rings. The zero-order valence-electron chi connectivity index (χ0n) is 16.0. The van der Waals surface area contributed by atoms with Gasteiger partial charge in [0.1, 0.15) is 17.3 Å².